The molecule has 0 bridgehead atoms. The van der Waals surface area contributed by atoms with Crippen LogP contribution in [0.5, 0.6) is 0 Å². The molecule has 0 aliphatic carbocycles. The number of imidazole rings is 1. The van der Waals surface area contributed by atoms with Crippen molar-refractivity contribution < 1.29 is 18.0 Å². The van der Waals surface area contributed by atoms with Crippen molar-refractivity contribution in [3.05, 3.63) is 54.5 Å². The Bertz CT molecular complexity index is 1010. The fourth-order valence-corrected chi connectivity index (χ4v) is 3.57. The smallest absolute Gasteiger partial charge is 0.353 e. The van der Waals surface area contributed by atoms with E-state index in [-0.39, 0.29) is 5.91 Å². The molecule has 3 heterocycles. The third-order valence-corrected chi connectivity index (χ3v) is 5.25. The van der Waals surface area contributed by atoms with Gasteiger partial charge in [-0.2, -0.15) is 13.2 Å². The van der Waals surface area contributed by atoms with Gasteiger partial charge in [0.05, 0.1) is 22.9 Å². The van der Waals surface area contributed by atoms with Crippen LogP contribution in [-0.2, 0) is 11.0 Å². The standard InChI is InChI=1S/C20H20F3N5O/c1-14(28-13-25-16-4-2-3-5-17(16)28)19(29)27-10-8-26(9-11-27)18-7-6-15(12-24-18)20(21,22)23/h2-7,12-14H,8-11H2,1H3. The number of amides is 1. The minimum Gasteiger partial charge on any atom is -0.353 e. The van der Waals surface area contributed by atoms with Crippen LogP contribution < -0.4 is 4.90 Å². The summed E-state index contributed by atoms with van der Waals surface area (Å²) in [7, 11) is 0. The Morgan fingerprint density at radius 3 is 2.41 bits per heavy atom. The molecule has 0 radical (unpaired) electrons. The molecule has 2 aromatic heterocycles. The monoisotopic (exact) mass is 403 g/mol. The first-order valence-electron chi connectivity index (χ1n) is 9.33. The molecule has 9 heteroatoms. The van der Waals surface area contributed by atoms with E-state index in [9.17, 15) is 18.0 Å². The summed E-state index contributed by atoms with van der Waals surface area (Å²) in [4.78, 5) is 24.9. The Hall–Kier alpha value is -3.10. The highest BCUT2D eigenvalue weighted by atomic mass is 19.4. The lowest BCUT2D eigenvalue weighted by molar-refractivity contribution is -0.138. The molecule has 1 aliphatic heterocycles. The number of para-hydroxylation sites is 2. The van der Waals surface area contributed by atoms with Crippen molar-refractivity contribution in [2.45, 2.75) is 19.1 Å². The summed E-state index contributed by atoms with van der Waals surface area (Å²) < 4.78 is 39.9. The molecule has 0 spiro atoms. The SMILES string of the molecule is CC(C(=O)N1CCN(c2ccc(C(F)(F)F)cn2)CC1)n1cnc2ccccc21. The molecule has 3 aromatic rings. The summed E-state index contributed by atoms with van der Waals surface area (Å²) in [6.07, 6.45) is -1.88. The van der Waals surface area contributed by atoms with Crippen LogP contribution in [-0.4, -0.2) is 51.5 Å². The molecular weight excluding hydrogens is 383 g/mol. The maximum atomic E-state index is 13.0. The summed E-state index contributed by atoms with van der Waals surface area (Å²) in [5.41, 5.74) is 0.975. The van der Waals surface area contributed by atoms with Crippen molar-refractivity contribution in [1.29, 1.82) is 0 Å². The van der Waals surface area contributed by atoms with Gasteiger partial charge < -0.3 is 14.4 Å². The highest BCUT2D eigenvalue weighted by Gasteiger charge is 2.31. The molecule has 1 fully saturated rings. The average Bonchev–Trinajstić information content (AvgIpc) is 3.16. The van der Waals surface area contributed by atoms with Crippen molar-refractivity contribution in [2.75, 3.05) is 31.1 Å². The first-order valence-corrected chi connectivity index (χ1v) is 9.33. The molecule has 1 aromatic carbocycles. The Labute approximate surface area is 165 Å². The topological polar surface area (TPSA) is 54.3 Å². The number of rotatable bonds is 3. The van der Waals surface area contributed by atoms with Gasteiger partial charge >= 0.3 is 6.18 Å². The lowest BCUT2D eigenvalue weighted by atomic mass is 10.2. The van der Waals surface area contributed by atoms with Crippen LogP contribution in [0.3, 0.4) is 0 Å². The minimum absolute atomic E-state index is 0.00631. The molecule has 4 rings (SSSR count). The van der Waals surface area contributed by atoms with Crippen molar-refractivity contribution >= 4 is 22.8 Å². The van der Waals surface area contributed by atoms with Gasteiger partial charge in [-0.25, -0.2) is 9.97 Å². The summed E-state index contributed by atoms with van der Waals surface area (Å²) in [6.45, 7) is 3.85. The zero-order valence-electron chi connectivity index (χ0n) is 15.8. The predicted octanol–water partition coefficient (Wildman–Crippen LogP) is 3.36. The number of nitrogens with zero attached hydrogens (tertiary/aromatic N) is 5. The van der Waals surface area contributed by atoms with E-state index in [1.807, 2.05) is 40.7 Å². The molecule has 1 amide bonds. The first-order chi connectivity index (χ1) is 13.8. The molecule has 152 valence electrons. The van der Waals surface area contributed by atoms with E-state index in [4.69, 9.17) is 0 Å². The summed E-state index contributed by atoms with van der Waals surface area (Å²) in [5, 5.41) is 0. The Kier molecular flexibility index (Phi) is 4.89. The Morgan fingerprint density at radius 1 is 1.03 bits per heavy atom. The van der Waals surface area contributed by atoms with Gasteiger partial charge in [0, 0.05) is 32.4 Å². The number of hydrogen-bond acceptors (Lipinski definition) is 4. The number of pyridine rings is 1. The highest BCUT2D eigenvalue weighted by Crippen LogP contribution is 2.29. The Morgan fingerprint density at radius 2 is 1.76 bits per heavy atom. The number of hydrogen-bond donors (Lipinski definition) is 0. The summed E-state index contributed by atoms with van der Waals surface area (Å²) >= 11 is 0. The van der Waals surface area contributed by atoms with E-state index in [0.717, 1.165) is 23.3 Å². The second kappa shape index (κ2) is 7.38. The lowest BCUT2D eigenvalue weighted by Gasteiger charge is -2.36. The molecule has 1 unspecified atom stereocenters. The second-order valence-corrected chi connectivity index (χ2v) is 7.03. The van der Waals surface area contributed by atoms with Crippen LogP contribution in [0, 0.1) is 0 Å². The molecule has 1 aliphatic rings. The Balaban J connectivity index is 1.41. The largest absolute Gasteiger partial charge is 0.417 e. The second-order valence-electron chi connectivity index (χ2n) is 7.03. The van der Waals surface area contributed by atoms with Crippen LogP contribution >= 0.6 is 0 Å². The van der Waals surface area contributed by atoms with Crippen LogP contribution in [0.4, 0.5) is 19.0 Å². The molecule has 0 N–H and O–H groups in total. The maximum Gasteiger partial charge on any atom is 0.417 e. The van der Waals surface area contributed by atoms with Crippen molar-refractivity contribution in [3.63, 3.8) is 0 Å². The number of alkyl halides is 3. The van der Waals surface area contributed by atoms with Gasteiger partial charge in [0.25, 0.3) is 0 Å². The summed E-state index contributed by atoms with van der Waals surface area (Å²) in [5.74, 6) is 0.479. The third kappa shape index (κ3) is 3.76. The number of halogens is 3. The van der Waals surface area contributed by atoms with E-state index >= 15 is 0 Å². The molecule has 6 nitrogen and oxygen atoms in total. The van der Waals surface area contributed by atoms with Crippen LogP contribution in [0.2, 0.25) is 0 Å². The summed E-state index contributed by atoms with van der Waals surface area (Å²) in [6, 6.07) is 9.66. The van der Waals surface area contributed by atoms with Crippen molar-refractivity contribution in [3.8, 4) is 0 Å². The molecule has 1 atom stereocenters. The zero-order chi connectivity index (χ0) is 20.6. The molecule has 1 saturated heterocycles. The van der Waals surface area contributed by atoms with Gasteiger partial charge in [-0.15, -0.1) is 0 Å². The first kappa shape index (κ1) is 19.2. The van der Waals surface area contributed by atoms with E-state index in [2.05, 4.69) is 9.97 Å². The number of benzene rings is 1. The molecule has 29 heavy (non-hydrogen) atoms. The van der Waals surface area contributed by atoms with E-state index in [1.165, 1.54) is 6.07 Å². The van der Waals surface area contributed by atoms with E-state index < -0.39 is 17.8 Å². The highest BCUT2D eigenvalue weighted by molar-refractivity contribution is 5.83. The maximum absolute atomic E-state index is 13.0. The number of anilines is 1. The van der Waals surface area contributed by atoms with Crippen molar-refractivity contribution in [2.24, 2.45) is 0 Å². The third-order valence-electron chi connectivity index (χ3n) is 5.25. The number of aromatic nitrogens is 3. The molecular formula is C20H20F3N5O. The van der Waals surface area contributed by atoms with E-state index in [1.54, 1.807) is 11.2 Å². The fraction of sp³-hybridized carbons (Fsp3) is 0.350. The number of piperazine rings is 1. The fourth-order valence-electron chi connectivity index (χ4n) is 3.57. The number of carbonyl (C=O) groups excluding carboxylic acids is 1. The van der Waals surface area contributed by atoms with Gasteiger partial charge in [0.2, 0.25) is 5.91 Å². The minimum atomic E-state index is -4.40. The quantitative estimate of drug-likeness (QED) is 0.673. The lowest BCUT2D eigenvalue weighted by Crippen LogP contribution is -2.50. The van der Waals surface area contributed by atoms with Crippen LogP contribution in [0.25, 0.3) is 11.0 Å². The van der Waals surface area contributed by atoms with Gasteiger partial charge in [-0.1, -0.05) is 12.1 Å². The van der Waals surface area contributed by atoms with Crippen LogP contribution in [0.1, 0.15) is 18.5 Å². The van der Waals surface area contributed by atoms with Crippen molar-refractivity contribution in [1.82, 2.24) is 19.4 Å². The van der Waals surface area contributed by atoms with Gasteiger partial charge in [0.15, 0.2) is 0 Å². The normalized spacial score (nSPS) is 16.3. The van der Waals surface area contributed by atoms with Gasteiger partial charge in [0.1, 0.15) is 11.9 Å². The zero-order valence-corrected chi connectivity index (χ0v) is 15.8. The number of fused-ring (bicyclic) bond motifs is 1. The van der Waals surface area contributed by atoms with Gasteiger partial charge in [-0.3, -0.25) is 4.79 Å². The predicted molar refractivity (Wildman–Crippen MR) is 102 cm³/mol. The molecule has 0 saturated carbocycles. The van der Waals surface area contributed by atoms with E-state index in [0.29, 0.717) is 32.0 Å². The van der Waals surface area contributed by atoms with Crippen LogP contribution in [0.15, 0.2) is 48.9 Å². The number of carbonyl (C=O) groups is 1. The average molecular weight is 403 g/mol. The van der Waals surface area contributed by atoms with Gasteiger partial charge in [-0.05, 0) is 31.2 Å².